The van der Waals surface area contributed by atoms with Crippen molar-refractivity contribution in [3.8, 4) is 0 Å². The van der Waals surface area contributed by atoms with Crippen LogP contribution in [0.15, 0.2) is 28.8 Å². The average molecular weight is 382 g/mol. The molecule has 2 aliphatic heterocycles. The molecule has 3 heterocycles. The lowest BCUT2D eigenvalue weighted by molar-refractivity contribution is -0.142. The number of rotatable bonds is 4. The number of aryl methyl sites for hydroxylation is 2. The summed E-state index contributed by atoms with van der Waals surface area (Å²) < 4.78 is 5.29. The van der Waals surface area contributed by atoms with Crippen molar-refractivity contribution >= 4 is 11.8 Å². The standard InChI is InChI=1S/C21H26N4O3/c1-14-3-5-16(6-4-14)13-25-18(7-8-19(25)26)21(27)24-11-9-17(10-12-24)20-22-15(2)23-28-20/h3-6,17-18H,7-13H2,1-2H3. The average Bonchev–Trinajstić information content (AvgIpc) is 3.29. The number of carbonyl (C=O) groups is 2. The lowest BCUT2D eigenvalue weighted by atomic mass is 9.96. The number of amides is 2. The van der Waals surface area contributed by atoms with Gasteiger partial charge in [-0.25, -0.2) is 0 Å². The highest BCUT2D eigenvalue weighted by atomic mass is 16.5. The topological polar surface area (TPSA) is 79.5 Å². The van der Waals surface area contributed by atoms with E-state index in [1.54, 1.807) is 4.90 Å². The van der Waals surface area contributed by atoms with Crippen molar-refractivity contribution < 1.29 is 14.1 Å². The maximum atomic E-state index is 13.1. The van der Waals surface area contributed by atoms with E-state index in [9.17, 15) is 9.59 Å². The fourth-order valence-corrected chi connectivity index (χ4v) is 4.12. The molecular weight excluding hydrogens is 356 g/mol. The Morgan fingerprint density at radius 2 is 1.86 bits per heavy atom. The molecule has 7 heteroatoms. The minimum atomic E-state index is -0.351. The number of piperidine rings is 1. The molecular formula is C21H26N4O3. The van der Waals surface area contributed by atoms with Crippen LogP contribution in [0.2, 0.25) is 0 Å². The Labute approximate surface area is 164 Å². The van der Waals surface area contributed by atoms with Crippen molar-refractivity contribution in [2.75, 3.05) is 13.1 Å². The quantitative estimate of drug-likeness (QED) is 0.812. The van der Waals surface area contributed by atoms with Crippen molar-refractivity contribution in [3.05, 3.63) is 47.1 Å². The van der Waals surface area contributed by atoms with E-state index in [2.05, 4.69) is 10.1 Å². The van der Waals surface area contributed by atoms with Gasteiger partial charge in [-0.05, 0) is 38.7 Å². The zero-order valence-corrected chi connectivity index (χ0v) is 16.4. The predicted octanol–water partition coefficient (Wildman–Crippen LogP) is 2.58. The van der Waals surface area contributed by atoms with E-state index in [-0.39, 0.29) is 23.8 Å². The summed E-state index contributed by atoms with van der Waals surface area (Å²) in [6.45, 7) is 5.66. The van der Waals surface area contributed by atoms with Gasteiger partial charge >= 0.3 is 0 Å². The Morgan fingerprint density at radius 1 is 1.14 bits per heavy atom. The number of hydrogen-bond donors (Lipinski definition) is 0. The second kappa shape index (κ2) is 7.73. The molecule has 2 saturated heterocycles. The molecule has 0 spiro atoms. The summed E-state index contributed by atoms with van der Waals surface area (Å²) in [7, 11) is 0. The highest BCUT2D eigenvalue weighted by Gasteiger charge is 2.39. The lowest BCUT2D eigenvalue weighted by Gasteiger charge is -2.34. The summed E-state index contributed by atoms with van der Waals surface area (Å²) in [5.74, 6) is 1.65. The van der Waals surface area contributed by atoms with Crippen LogP contribution in [-0.2, 0) is 16.1 Å². The van der Waals surface area contributed by atoms with Crippen LogP contribution in [0.3, 0.4) is 0 Å². The molecule has 2 aromatic rings. The normalized spacial score (nSPS) is 20.8. The molecule has 1 atom stereocenters. The second-order valence-electron chi connectivity index (χ2n) is 7.84. The van der Waals surface area contributed by atoms with Crippen LogP contribution < -0.4 is 0 Å². The van der Waals surface area contributed by atoms with Gasteiger partial charge in [-0.15, -0.1) is 0 Å². The summed E-state index contributed by atoms with van der Waals surface area (Å²) in [6.07, 6.45) is 2.67. The molecule has 2 fully saturated rings. The Kier molecular flexibility index (Phi) is 5.15. The van der Waals surface area contributed by atoms with Gasteiger partial charge in [0.25, 0.3) is 0 Å². The molecule has 0 radical (unpaired) electrons. The molecule has 7 nitrogen and oxygen atoms in total. The first-order valence-corrected chi connectivity index (χ1v) is 9.95. The van der Waals surface area contributed by atoms with Gasteiger partial charge in [0.1, 0.15) is 6.04 Å². The number of carbonyl (C=O) groups excluding carboxylic acids is 2. The SMILES string of the molecule is Cc1ccc(CN2C(=O)CCC2C(=O)N2CCC(c3nc(C)no3)CC2)cc1. The van der Waals surface area contributed by atoms with Crippen LogP contribution in [0.4, 0.5) is 0 Å². The van der Waals surface area contributed by atoms with E-state index in [4.69, 9.17) is 4.52 Å². The number of aromatic nitrogens is 2. The zero-order chi connectivity index (χ0) is 19.7. The molecule has 2 amide bonds. The molecule has 148 valence electrons. The maximum absolute atomic E-state index is 13.1. The van der Waals surface area contributed by atoms with Crippen molar-refractivity contribution in [1.29, 1.82) is 0 Å². The van der Waals surface area contributed by atoms with Crippen LogP contribution in [0.1, 0.15) is 54.4 Å². The van der Waals surface area contributed by atoms with Crippen LogP contribution in [0, 0.1) is 13.8 Å². The molecule has 1 unspecified atom stereocenters. The monoisotopic (exact) mass is 382 g/mol. The van der Waals surface area contributed by atoms with Crippen LogP contribution >= 0.6 is 0 Å². The predicted molar refractivity (Wildman–Crippen MR) is 102 cm³/mol. The molecule has 0 bridgehead atoms. The van der Waals surface area contributed by atoms with Gasteiger partial charge in [0, 0.05) is 32.0 Å². The Bertz CT molecular complexity index is 853. The van der Waals surface area contributed by atoms with E-state index in [0.717, 1.165) is 18.4 Å². The molecule has 0 saturated carbocycles. The summed E-state index contributed by atoms with van der Waals surface area (Å²) in [6, 6.07) is 7.78. The molecule has 1 aromatic heterocycles. The minimum Gasteiger partial charge on any atom is -0.341 e. The number of likely N-dealkylation sites (tertiary alicyclic amines) is 2. The van der Waals surface area contributed by atoms with Crippen molar-refractivity contribution in [2.45, 2.75) is 58.0 Å². The third-order valence-corrected chi connectivity index (χ3v) is 5.79. The first-order chi connectivity index (χ1) is 13.5. The summed E-state index contributed by atoms with van der Waals surface area (Å²) >= 11 is 0. The molecule has 4 rings (SSSR count). The van der Waals surface area contributed by atoms with Gasteiger partial charge in [0.15, 0.2) is 5.82 Å². The molecule has 0 N–H and O–H groups in total. The highest BCUT2D eigenvalue weighted by Crippen LogP contribution is 2.29. The van der Waals surface area contributed by atoms with E-state index >= 15 is 0 Å². The Balaban J connectivity index is 1.39. The third-order valence-electron chi connectivity index (χ3n) is 5.79. The smallest absolute Gasteiger partial charge is 0.245 e. The number of benzene rings is 1. The largest absolute Gasteiger partial charge is 0.341 e. The lowest BCUT2D eigenvalue weighted by Crippen LogP contribution is -2.48. The number of hydrogen-bond acceptors (Lipinski definition) is 5. The highest BCUT2D eigenvalue weighted by molar-refractivity contribution is 5.91. The maximum Gasteiger partial charge on any atom is 0.245 e. The molecule has 0 aliphatic carbocycles. The Morgan fingerprint density at radius 3 is 2.50 bits per heavy atom. The minimum absolute atomic E-state index is 0.0650. The first kappa shape index (κ1) is 18.7. The van der Waals surface area contributed by atoms with Gasteiger partial charge in [-0.1, -0.05) is 35.0 Å². The fraction of sp³-hybridized carbons (Fsp3) is 0.524. The van der Waals surface area contributed by atoms with Crippen molar-refractivity contribution in [2.24, 2.45) is 0 Å². The fourth-order valence-electron chi connectivity index (χ4n) is 4.12. The van der Waals surface area contributed by atoms with Gasteiger partial charge in [-0.3, -0.25) is 9.59 Å². The van der Waals surface area contributed by atoms with Crippen molar-refractivity contribution in [3.63, 3.8) is 0 Å². The molecule has 2 aliphatic rings. The van der Waals surface area contributed by atoms with Crippen LogP contribution in [0.25, 0.3) is 0 Å². The summed E-state index contributed by atoms with van der Waals surface area (Å²) in [5, 5.41) is 3.86. The number of nitrogens with zero attached hydrogens (tertiary/aromatic N) is 4. The van der Waals surface area contributed by atoms with Gasteiger partial charge in [0.05, 0.1) is 0 Å². The van der Waals surface area contributed by atoms with Gasteiger partial charge < -0.3 is 14.3 Å². The third kappa shape index (κ3) is 3.79. The summed E-state index contributed by atoms with van der Waals surface area (Å²) in [5.41, 5.74) is 2.24. The molecule has 28 heavy (non-hydrogen) atoms. The van der Waals surface area contributed by atoms with E-state index in [1.165, 1.54) is 5.56 Å². The second-order valence-corrected chi connectivity index (χ2v) is 7.84. The van der Waals surface area contributed by atoms with E-state index < -0.39 is 0 Å². The van der Waals surface area contributed by atoms with E-state index in [0.29, 0.717) is 44.2 Å². The first-order valence-electron chi connectivity index (χ1n) is 9.95. The van der Waals surface area contributed by atoms with Crippen LogP contribution in [-0.4, -0.2) is 50.9 Å². The van der Waals surface area contributed by atoms with Gasteiger partial charge in [-0.2, -0.15) is 4.98 Å². The molecule has 1 aromatic carbocycles. The summed E-state index contributed by atoms with van der Waals surface area (Å²) in [4.78, 5) is 33.5. The van der Waals surface area contributed by atoms with E-state index in [1.807, 2.05) is 43.0 Å². The van der Waals surface area contributed by atoms with Crippen LogP contribution in [0.5, 0.6) is 0 Å². The van der Waals surface area contributed by atoms with Crippen molar-refractivity contribution in [1.82, 2.24) is 19.9 Å². The zero-order valence-electron chi connectivity index (χ0n) is 16.4. The Hall–Kier alpha value is -2.70. The van der Waals surface area contributed by atoms with Gasteiger partial charge in [0.2, 0.25) is 17.7 Å².